The lowest BCUT2D eigenvalue weighted by molar-refractivity contribution is 0.425. The van der Waals surface area contributed by atoms with Gasteiger partial charge in [0, 0.05) is 17.9 Å². The quantitative estimate of drug-likeness (QED) is 0.630. The molecule has 0 N–H and O–H groups in total. The van der Waals surface area contributed by atoms with Crippen molar-refractivity contribution in [3.8, 4) is 0 Å². The number of fused-ring (bicyclic) bond motifs is 1. The standard InChI is InChI=1S/C24H24O2/c25-24-21(17-20-15-5-1-2-10-16-22(20)26-24)23(18-11-6-3-7-12-18)19-13-8-4-9-14-19/h3-4,6-9,11-14,17,23H,1-2,5,10,15-16H2. The van der Waals surface area contributed by atoms with Crippen molar-refractivity contribution >= 4 is 0 Å². The number of hydrogen-bond acceptors (Lipinski definition) is 2. The summed E-state index contributed by atoms with van der Waals surface area (Å²) >= 11 is 0. The molecule has 26 heavy (non-hydrogen) atoms. The fraction of sp³-hybridized carbons (Fsp3) is 0.292. The second-order valence-corrected chi connectivity index (χ2v) is 7.11. The Labute approximate surface area is 154 Å². The molecule has 0 saturated carbocycles. The van der Waals surface area contributed by atoms with Crippen LogP contribution >= 0.6 is 0 Å². The molecule has 0 saturated heterocycles. The third-order valence-corrected chi connectivity index (χ3v) is 5.32. The Morgan fingerprint density at radius 1 is 0.731 bits per heavy atom. The van der Waals surface area contributed by atoms with E-state index in [1.165, 1.54) is 24.8 Å². The molecule has 1 aliphatic rings. The van der Waals surface area contributed by atoms with E-state index >= 15 is 0 Å². The van der Waals surface area contributed by atoms with Gasteiger partial charge in [-0.15, -0.1) is 0 Å². The van der Waals surface area contributed by atoms with Gasteiger partial charge in [0.25, 0.3) is 0 Å². The highest BCUT2D eigenvalue weighted by Crippen LogP contribution is 2.31. The first-order chi connectivity index (χ1) is 12.8. The third kappa shape index (κ3) is 3.50. The predicted octanol–water partition coefficient (Wildman–Crippen LogP) is 5.48. The number of rotatable bonds is 3. The lowest BCUT2D eigenvalue weighted by Gasteiger charge is -2.20. The van der Waals surface area contributed by atoms with Crippen molar-refractivity contribution in [1.82, 2.24) is 0 Å². The summed E-state index contributed by atoms with van der Waals surface area (Å²) in [6.07, 6.45) is 6.64. The Balaban J connectivity index is 1.86. The van der Waals surface area contributed by atoms with Crippen molar-refractivity contribution in [3.63, 3.8) is 0 Å². The smallest absolute Gasteiger partial charge is 0.340 e. The van der Waals surface area contributed by atoms with Crippen LogP contribution in [0.2, 0.25) is 0 Å². The summed E-state index contributed by atoms with van der Waals surface area (Å²) in [5, 5.41) is 0. The van der Waals surface area contributed by atoms with E-state index in [4.69, 9.17) is 4.42 Å². The first kappa shape index (κ1) is 16.8. The van der Waals surface area contributed by atoms with Crippen molar-refractivity contribution in [1.29, 1.82) is 0 Å². The number of aryl methyl sites for hydroxylation is 2. The molecule has 1 heterocycles. The fourth-order valence-electron chi connectivity index (χ4n) is 3.98. The first-order valence-electron chi connectivity index (χ1n) is 9.58. The van der Waals surface area contributed by atoms with Crippen LogP contribution < -0.4 is 5.63 Å². The minimum Gasteiger partial charge on any atom is -0.427 e. The van der Waals surface area contributed by atoms with E-state index < -0.39 is 0 Å². The maximum absolute atomic E-state index is 12.9. The Hall–Kier alpha value is -2.61. The van der Waals surface area contributed by atoms with Gasteiger partial charge in [0.2, 0.25) is 0 Å². The van der Waals surface area contributed by atoms with Gasteiger partial charge >= 0.3 is 5.63 Å². The number of benzene rings is 2. The van der Waals surface area contributed by atoms with Crippen molar-refractivity contribution < 1.29 is 4.42 Å². The van der Waals surface area contributed by atoms with Crippen molar-refractivity contribution in [2.45, 2.75) is 44.4 Å². The van der Waals surface area contributed by atoms with Crippen molar-refractivity contribution in [3.05, 3.63) is 105 Å². The molecule has 2 aromatic carbocycles. The largest absolute Gasteiger partial charge is 0.427 e. The molecule has 2 heteroatoms. The predicted molar refractivity (Wildman–Crippen MR) is 105 cm³/mol. The lowest BCUT2D eigenvalue weighted by atomic mass is 9.84. The Bertz CT molecular complexity index is 870. The molecular formula is C24H24O2. The fourth-order valence-corrected chi connectivity index (χ4v) is 3.98. The van der Waals surface area contributed by atoms with Gasteiger partial charge in [0.05, 0.1) is 0 Å². The summed E-state index contributed by atoms with van der Waals surface area (Å²) < 4.78 is 5.83. The third-order valence-electron chi connectivity index (χ3n) is 5.32. The zero-order chi connectivity index (χ0) is 17.8. The van der Waals surface area contributed by atoms with Gasteiger partial charge in [-0.05, 0) is 42.0 Å². The molecule has 0 radical (unpaired) electrons. The molecule has 0 unspecified atom stereocenters. The van der Waals surface area contributed by atoms with Gasteiger partial charge in [-0.3, -0.25) is 0 Å². The van der Waals surface area contributed by atoms with Crippen molar-refractivity contribution in [2.75, 3.05) is 0 Å². The van der Waals surface area contributed by atoms with Crippen LogP contribution in [0.1, 0.15) is 59.6 Å². The van der Waals surface area contributed by atoms with Crippen molar-refractivity contribution in [2.24, 2.45) is 0 Å². The molecule has 132 valence electrons. The molecule has 0 fully saturated rings. The van der Waals surface area contributed by atoms with Gasteiger partial charge in [-0.1, -0.05) is 73.5 Å². The van der Waals surface area contributed by atoms with Gasteiger partial charge in [0.1, 0.15) is 5.76 Å². The SMILES string of the molecule is O=c1oc2c(cc1C(c1ccccc1)c1ccccc1)CCCCCC2. The monoisotopic (exact) mass is 344 g/mol. The molecule has 4 rings (SSSR count). The van der Waals surface area contributed by atoms with Crippen LogP contribution in [0.25, 0.3) is 0 Å². The molecule has 3 aromatic rings. The van der Waals surface area contributed by atoms with E-state index in [0.717, 1.165) is 41.7 Å². The highest BCUT2D eigenvalue weighted by Gasteiger charge is 2.23. The molecule has 0 atom stereocenters. The summed E-state index contributed by atoms with van der Waals surface area (Å²) in [7, 11) is 0. The maximum atomic E-state index is 12.9. The van der Waals surface area contributed by atoms with Crippen LogP contribution in [-0.4, -0.2) is 0 Å². The lowest BCUT2D eigenvalue weighted by Crippen LogP contribution is -2.18. The average Bonchev–Trinajstić information content (AvgIpc) is 2.66. The van der Waals surface area contributed by atoms with E-state index in [0.29, 0.717) is 0 Å². The summed E-state index contributed by atoms with van der Waals surface area (Å²) in [5.74, 6) is 0.808. The second kappa shape index (κ2) is 7.74. The van der Waals surface area contributed by atoms with Gasteiger partial charge in [0.15, 0.2) is 0 Å². The molecule has 1 aliphatic carbocycles. The summed E-state index contributed by atoms with van der Waals surface area (Å²) in [4.78, 5) is 12.9. The normalized spacial score (nSPS) is 14.5. The van der Waals surface area contributed by atoms with Crippen LogP contribution in [0.3, 0.4) is 0 Å². The zero-order valence-electron chi connectivity index (χ0n) is 15.0. The molecule has 0 bridgehead atoms. The van der Waals surface area contributed by atoms with Crippen LogP contribution in [0.5, 0.6) is 0 Å². The summed E-state index contributed by atoms with van der Waals surface area (Å²) in [6, 6.07) is 22.6. The first-order valence-corrected chi connectivity index (χ1v) is 9.58. The van der Waals surface area contributed by atoms with Crippen LogP contribution in [0.4, 0.5) is 0 Å². The summed E-state index contributed by atoms with van der Waals surface area (Å²) in [6.45, 7) is 0. The minimum absolute atomic E-state index is 0.0932. The Kier molecular flexibility index (Phi) is 5.01. The molecule has 0 spiro atoms. The molecular weight excluding hydrogens is 320 g/mol. The van der Waals surface area contributed by atoms with Gasteiger partial charge < -0.3 is 4.42 Å². The highest BCUT2D eigenvalue weighted by molar-refractivity contribution is 5.43. The second-order valence-electron chi connectivity index (χ2n) is 7.11. The molecule has 0 aliphatic heterocycles. The Morgan fingerprint density at radius 2 is 1.31 bits per heavy atom. The Morgan fingerprint density at radius 3 is 1.92 bits per heavy atom. The maximum Gasteiger partial charge on any atom is 0.340 e. The summed E-state index contributed by atoms with van der Waals surface area (Å²) in [5.41, 5.74) is 4.02. The number of hydrogen-bond donors (Lipinski definition) is 0. The average molecular weight is 344 g/mol. The minimum atomic E-state index is -0.193. The van der Waals surface area contributed by atoms with Gasteiger partial charge in [-0.2, -0.15) is 0 Å². The van der Waals surface area contributed by atoms with Crippen LogP contribution in [-0.2, 0) is 12.8 Å². The molecule has 2 nitrogen and oxygen atoms in total. The van der Waals surface area contributed by atoms with E-state index in [-0.39, 0.29) is 11.5 Å². The van der Waals surface area contributed by atoms with E-state index in [1.807, 2.05) is 36.4 Å². The van der Waals surface area contributed by atoms with Crippen LogP contribution in [0.15, 0.2) is 75.9 Å². The molecule has 1 aromatic heterocycles. The highest BCUT2D eigenvalue weighted by atomic mass is 16.4. The topological polar surface area (TPSA) is 30.2 Å². The van der Waals surface area contributed by atoms with Gasteiger partial charge in [-0.25, -0.2) is 4.79 Å². The van der Waals surface area contributed by atoms with Crippen LogP contribution in [0, 0.1) is 0 Å². The molecule has 0 amide bonds. The van der Waals surface area contributed by atoms with E-state index in [2.05, 4.69) is 30.3 Å². The van der Waals surface area contributed by atoms with E-state index in [1.54, 1.807) is 0 Å². The zero-order valence-corrected chi connectivity index (χ0v) is 15.0. The van der Waals surface area contributed by atoms with E-state index in [9.17, 15) is 4.79 Å².